The summed E-state index contributed by atoms with van der Waals surface area (Å²) in [7, 11) is 0. The second-order valence-corrected chi connectivity index (χ2v) is 6.09. The fourth-order valence-electron chi connectivity index (χ4n) is 3.24. The van der Waals surface area contributed by atoms with Crippen molar-refractivity contribution in [2.75, 3.05) is 0 Å². The number of alkyl halides is 3. The van der Waals surface area contributed by atoms with Gasteiger partial charge in [0.2, 0.25) is 0 Å². The van der Waals surface area contributed by atoms with Crippen LogP contribution in [0.25, 0.3) is 0 Å². The van der Waals surface area contributed by atoms with E-state index in [1.54, 1.807) is 30.3 Å². The van der Waals surface area contributed by atoms with Gasteiger partial charge < -0.3 is 0 Å². The van der Waals surface area contributed by atoms with E-state index < -0.39 is 12.2 Å². The molecule has 0 bridgehead atoms. The Morgan fingerprint density at radius 3 is 2.10 bits per heavy atom. The van der Waals surface area contributed by atoms with Crippen LogP contribution in [-0.2, 0) is 0 Å². The average Bonchev–Trinajstić information content (AvgIpc) is 2.73. The molecular weight excluding hydrogens is 275 g/mol. The Bertz CT molecular complexity index is 408. The van der Waals surface area contributed by atoms with Crippen LogP contribution in [0.15, 0.2) is 30.3 Å². The van der Waals surface area contributed by atoms with E-state index in [9.17, 15) is 13.2 Å². The summed E-state index contributed by atoms with van der Waals surface area (Å²) in [5.41, 5.74) is 0.297. The zero-order chi connectivity index (χ0) is 15.3. The van der Waals surface area contributed by atoms with E-state index in [0.717, 1.165) is 25.7 Å². The van der Waals surface area contributed by atoms with Crippen molar-refractivity contribution >= 4 is 0 Å². The maximum absolute atomic E-state index is 13.4. The van der Waals surface area contributed by atoms with Crippen molar-refractivity contribution in [2.24, 2.45) is 5.92 Å². The molecule has 1 aromatic carbocycles. The van der Waals surface area contributed by atoms with Crippen molar-refractivity contribution in [2.45, 2.75) is 63.7 Å². The highest BCUT2D eigenvalue weighted by atomic mass is 19.4. The Labute approximate surface area is 124 Å². The minimum Gasteiger partial charge on any atom is -0.300 e. The molecular formula is C17H24F3N. The fraction of sp³-hybridized carbons (Fsp3) is 0.647. The molecule has 1 unspecified atom stereocenters. The standard InChI is InChI=1S/C17H24F3N/c1-13(14-9-5-2-3-6-10-14)21-16(17(18,19)20)15-11-7-4-8-12-15/h4,7-8,11-14,16,21H,2-3,5-6,9-10H2,1H3/t13-,16?/m0/s1. The van der Waals surface area contributed by atoms with Crippen LogP contribution in [-0.4, -0.2) is 12.2 Å². The molecule has 1 nitrogen and oxygen atoms in total. The van der Waals surface area contributed by atoms with Crippen molar-refractivity contribution in [3.8, 4) is 0 Å². The quantitative estimate of drug-likeness (QED) is 0.750. The van der Waals surface area contributed by atoms with Gasteiger partial charge in [-0.3, -0.25) is 5.32 Å². The maximum atomic E-state index is 13.4. The molecule has 1 aliphatic rings. The van der Waals surface area contributed by atoms with Crippen molar-refractivity contribution in [1.29, 1.82) is 0 Å². The van der Waals surface area contributed by atoms with E-state index in [1.165, 1.54) is 12.8 Å². The molecule has 1 fully saturated rings. The van der Waals surface area contributed by atoms with E-state index in [4.69, 9.17) is 0 Å². The highest BCUT2D eigenvalue weighted by Crippen LogP contribution is 2.35. The smallest absolute Gasteiger partial charge is 0.300 e. The minimum atomic E-state index is -4.26. The summed E-state index contributed by atoms with van der Waals surface area (Å²) in [5.74, 6) is 0.348. The van der Waals surface area contributed by atoms with Crippen LogP contribution >= 0.6 is 0 Å². The molecule has 0 aliphatic heterocycles. The molecule has 1 aromatic rings. The van der Waals surface area contributed by atoms with Gasteiger partial charge in [-0.25, -0.2) is 0 Å². The molecule has 118 valence electrons. The largest absolute Gasteiger partial charge is 0.407 e. The summed E-state index contributed by atoms with van der Waals surface area (Å²) >= 11 is 0. The Kier molecular flexibility index (Phi) is 5.68. The zero-order valence-corrected chi connectivity index (χ0v) is 12.5. The lowest BCUT2D eigenvalue weighted by Gasteiger charge is -2.30. The van der Waals surface area contributed by atoms with Crippen LogP contribution in [0, 0.1) is 5.92 Å². The molecule has 0 amide bonds. The van der Waals surface area contributed by atoms with Gasteiger partial charge in [0.05, 0.1) is 0 Å². The van der Waals surface area contributed by atoms with E-state index >= 15 is 0 Å². The molecule has 0 radical (unpaired) electrons. The van der Waals surface area contributed by atoms with Crippen LogP contribution in [0.3, 0.4) is 0 Å². The van der Waals surface area contributed by atoms with Crippen molar-refractivity contribution in [1.82, 2.24) is 5.32 Å². The van der Waals surface area contributed by atoms with Crippen LogP contribution in [0.5, 0.6) is 0 Å². The summed E-state index contributed by atoms with van der Waals surface area (Å²) in [6.07, 6.45) is 2.51. The third-order valence-corrected chi connectivity index (χ3v) is 4.50. The Morgan fingerprint density at radius 2 is 1.57 bits per heavy atom. The third-order valence-electron chi connectivity index (χ3n) is 4.50. The summed E-state index contributed by atoms with van der Waals surface area (Å²) in [5, 5.41) is 2.85. The van der Waals surface area contributed by atoms with E-state index in [-0.39, 0.29) is 6.04 Å². The second kappa shape index (κ2) is 7.30. The van der Waals surface area contributed by atoms with Crippen LogP contribution in [0.2, 0.25) is 0 Å². The normalized spacial score (nSPS) is 20.8. The number of benzene rings is 1. The SMILES string of the molecule is C[C@H](NC(c1ccccc1)C(F)(F)F)C1CCCCCC1. The number of hydrogen-bond acceptors (Lipinski definition) is 1. The first-order chi connectivity index (χ1) is 9.98. The number of halogens is 3. The molecule has 1 aliphatic carbocycles. The van der Waals surface area contributed by atoms with Gasteiger partial charge in [0.1, 0.15) is 6.04 Å². The molecule has 4 heteroatoms. The molecule has 0 saturated heterocycles. The van der Waals surface area contributed by atoms with Gasteiger partial charge in [-0.15, -0.1) is 0 Å². The molecule has 1 saturated carbocycles. The van der Waals surface area contributed by atoms with Gasteiger partial charge in [0.15, 0.2) is 0 Å². The highest BCUT2D eigenvalue weighted by molar-refractivity contribution is 5.20. The Hall–Kier alpha value is -1.03. The van der Waals surface area contributed by atoms with Crippen LogP contribution in [0.4, 0.5) is 13.2 Å². The molecule has 0 aromatic heterocycles. The summed E-state index contributed by atoms with van der Waals surface area (Å²) in [4.78, 5) is 0. The van der Waals surface area contributed by atoms with E-state index in [2.05, 4.69) is 5.32 Å². The van der Waals surface area contributed by atoms with Gasteiger partial charge in [-0.05, 0) is 31.2 Å². The monoisotopic (exact) mass is 299 g/mol. The molecule has 0 heterocycles. The van der Waals surface area contributed by atoms with E-state index in [1.807, 2.05) is 6.92 Å². The van der Waals surface area contributed by atoms with Gasteiger partial charge in [-0.2, -0.15) is 13.2 Å². The van der Waals surface area contributed by atoms with Gasteiger partial charge in [0, 0.05) is 6.04 Å². The number of nitrogens with one attached hydrogen (secondary N) is 1. The zero-order valence-electron chi connectivity index (χ0n) is 12.5. The Morgan fingerprint density at radius 1 is 1.00 bits per heavy atom. The maximum Gasteiger partial charge on any atom is 0.407 e. The summed E-state index contributed by atoms with van der Waals surface area (Å²) < 4.78 is 40.1. The van der Waals surface area contributed by atoms with Crippen LogP contribution in [0.1, 0.15) is 57.1 Å². The first-order valence-electron chi connectivity index (χ1n) is 7.86. The van der Waals surface area contributed by atoms with Crippen molar-refractivity contribution in [3.05, 3.63) is 35.9 Å². The summed E-state index contributed by atoms with van der Waals surface area (Å²) in [6, 6.07) is 6.46. The number of hydrogen-bond donors (Lipinski definition) is 1. The van der Waals surface area contributed by atoms with Crippen molar-refractivity contribution < 1.29 is 13.2 Å². The van der Waals surface area contributed by atoms with E-state index in [0.29, 0.717) is 11.5 Å². The predicted octanol–water partition coefficient (Wildman–Crippen LogP) is 5.24. The second-order valence-electron chi connectivity index (χ2n) is 6.09. The Balaban J connectivity index is 2.08. The molecule has 21 heavy (non-hydrogen) atoms. The predicted molar refractivity (Wildman–Crippen MR) is 79.0 cm³/mol. The first kappa shape index (κ1) is 16.3. The van der Waals surface area contributed by atoms with Gasteiger partial charge in [0.25, 0.3) is 0 Å². The molecule has 1 N–H and O–H groups in total. The minimum absolute atomic E-state index is 0.116. The number of rotatable bonds is 4. The first-order valence-corrected chi connectivity index (χ1v) is 7.86. The fourth-order valence-corrected chi connectivity index (χ4v) is 3.24. The topological polar surface area (TPSA) is 12.0 Å². The van der Waals surface area contributed by atoms with Gasteiger partial charge in [-0.1, -0.05) is 56.0 Å². The van der Waals surface area contributed by atoms with Gasteiger partial charge >= 0.3 is 6.18 Å². The molecule has 2 rings (SSSR count). The average molecular weight is 299 g/mol. The highest BCUT2D eigenvalue weighted by Gasteiger charge is 2.41. The molecule has 0 spiro atoms. The molecule has 2 atom stereocenters. The third kappa shape index (κ3) is 4.73. The van der Waals surface area contributed by atoms with Crippen molar-refractivity contribution in [3.63, 3.8) is 0 Å². The lowest BCUT2D eigenvalue weighted by Crippen LogP contribution is -2.42. The van der Waals surface area contributed by atoms with Crippen LogP contribution < -0.4 is 5.32 Å². The summed E-state index contributed by atoms with van der Waals surface area (Å²) in [6.45, 7) is 1.90. The lowest BCUT2D eigenvalue weighted by atomic mass is 9.91. The lowest BCUT2D eigenvalue weighted by molar-refractivity contribution is -0.160.